The maximum atomic E-state index is 10.8. The van der Waals surface area contributed by atoms with Crippen LogP contribution >= 0.6 is 21.2 Å². The molecule has 4 heteroatoms. The normalized spacial score (nSPS) is 11.4. The quantitative estimate of drug-likeness (QED) is 0.613. The van der Waals surface area contributed by atoms with E-state index >= 15 is 0 Å². The minimum atomic E-state index is -2.91. The van der Waals surface area contributed by atoms with Gasteiger partial charge in [0.25, 0.3) is 0 Å². The number of rotatable bonds is 2. The maximum absolute atomic E-state index is 10.8. The van der Waals surface area contributed by atoms with Crippen molar-refractivity contribution >= 4 is 28.2 Å². The SMILES string of the molecule is O=S(=O)(I)Cc1ccccc1. The Morgan fingerprint density at radius 3 is 2.18 bits per heavy atom. The highest BCUT2D eigenvalue weighted by molar-refractivity contribution is 14.2. The zero-order valence-electron chi connectivity index (χ0n) is 5.70. The first kappa shape index (κ1) is 8.99. The molecule has 0 aliphatic heterocycles. The van der Waals surface area contributed by atoms with E-state index in [1.807, 2.05) is 18.2 Å². The van der Waals surface area contributed by atoms with Crippen molar-refractivity contribution in [2.24, 2.45) is 0 Å². The van der Waals surface area contributed by atoms with Crippen LogP contribution in [0.5, 0.6) is 0 Å². The number of halogens is 1. The van der Waals surface area contributed by atoms with Gasteiger partial charge in [0.2, 0.25) is 7.01 Å². The van der Waals surface area contributed by atoms with Crippen molar-refractivity contribution in [3.8, 4) is 0 Å². The van der Waals surface area contributed by atoms with Crippen LogP contribution in [0.2, 0.25) is 0 Å². The topological polar surface area (TPSA) is 34.1 Å². The largest absolute Gasteiger partial charge is 0.218 e. The van der Waals surface area contributed by atoms with Crippen molar-refractivity contribution in [3.63, 3.8) is 0 Å². The lowest BCUT2D eigenvalue weighted by Gasteiger charge is -1.95. The third-order valence-corrected chi connectivity index (χ3v) is 2.79. The fourth-order valence-corrected chi connectivity index (χ4v) is 2.44. The zero-order valence-corrected chi connectivity index (χ0v) is 8.67. The molecule has 0 saturated carbocycles. The summed E-state index contributed by atoms with van der Waals surface area (Å²) in [7, 11) is -2.91. The average Bonchev–Trinajstić information content (AvgIpc) is 1.85. The summed E-state index contributed by atoms with van der Waals surface area (Å²) in [6, 6.07) is 9.13. The Bertz CT molecular complexity index is 318. The van der Waals surface area contributed by atoms with Crippen LogP contribution in [0.3, 0.4) is 0 Å². The van der Waals surface area contributed by atoms with E-state index in [1.54, 1.807) is 12.1 Å². The molecule has 0 unspecified atom stereocenters. The molecule has 60 valence electrons. The van der Waals surface area contributed by atoms with Gasteiger partial charge < -0.3 is 0 Å². The lowest BCUT2D eigenvalue weighted by molar-refractivity contribution is 0.612. The summed E-state index contributed by atoms with van der Waals surface area (Å²) in [5.41, 5.74) is 0.835. The second-order valence-corrected chi connectivity index (χ2v) is 7.56. The van der Waals surface area contributed by atoms with Crippen LogP contribution < -0.4 is 0 Å². The van der Waals surface area contributed by atoms with E-state index in [0.29, 0.717) is 0 Å². The van der Waals surface area contributed by atoms with Crippen LogP contribution in [0.15, 0.2) is 30.3 Å². The average molecular weight is 282 g/mol. The molecule has 0 amide bonds. The lowest BCUT2D eigenvalue weighted by Crippen LogP contribution is -1.92. The van der Waals surface area contributed by atoms with E-state index in [-0.39, 0.29) is 5.75 Å². The molecule has 0 aliphatic rings. The van der Waals surface area contributed by atoms with Gasteiger partial charge in [-0.15, -0.1) is 0 Å². The van der Waals surface area contributed by atoms with Gasteiger partial charge in [0.15, 0.2) is 0 Å². The summed E-state index contributed by atoms with van der Waals surface area (Å²) in [6.07, 6.45) is 0. The molecule has 0 fully saturated rings. The van der Waals surface area contributed by atoms with Crippen LogP contribution in [0, 0.1) is 0 Å². The van der Waals surface area contributed by atoms with Crippen molar-refractivity contribution < 1.29 is 8.42 Å². The molecule has 0 spiro atoms. The summed E-state index contributed by atoms with van der Waals surface area (Å²) in [5.74, 6) is 0.119. The first-order chi connectivity index (χ1) is 5.08. The number of benzene rings is 1. The standard InChI is InChI=1S/C7H7IO2S/c8-11(9,10)6-7-4-2-1-3-5-7/h1-5H,6H2. The second-order valence-electron chi connectivity index (χ2n) is 2.17. The molecule has 2 nitrogen and oxygen atoms in total. The fraction of sp³-hybridized carbons (Fsp3) is 0.143. The zero-order chi connectivity index (χ0) is 8.32. The number of hydrogen-bond donors (Lipinski definition) is 0. The van der Waals surface area contributed by atoms with Crippen LogP contribution in [-0.2, 0) is 12.8 Å². The highest BCUT2D eigenvalue weighted by atomic mass is 127. The highest BCUT2D eigenvalue weighted by Gasteiger charge is 2.04. The Labute approximate surface area is 78.1 Å². The van der Waals surface area contributed by atoms with Gasteiger partial charge in [0, 0.05) is 0 Å². The van der Waals surface area contributed by atoms with Gasteiger partial charge in [-0.25, -0.2) is 8.42 Å². The van der Waals surface area contributed by atoms with Crippen LogP contribution in [0.4, 0.5) is 0 Å². The van der Waals surface area contributed by atoms with E-state index in [1.165, 1.54) is 21.2 Å². The molecule has 0 heterocycles. The van der Waals surface area contributed by atoms with Crippen LogP contribution in [0.1, 0.15) is 5.56 Å². The van der Waals surface area contributed by atoms with E-state index < -0.39 is 7.01 Å². The lowest BCUT2D eigenvalue weighted by atomic mass is 10.2. The molecule has 0 radical (unpaired) electrons. The minimum Gasteiger partial charge on any atom is -0.218 e. The van der Waals surface area contributed by atoms with Crippen molar-refractivity contribution in [1.29, 1.82) is 0 Å². The van der Waals surface area contributed by atoms with Gasteiger partial charge in [-0.2, -0.15) is 0 Å². The molecule has 0 N–H and O–H groups in total. The summed E-state index contributed by atoms with van der Waals surface area (Å²) >= 11 is 1.45. The predicted octanol–water partition coefficient (Wildman–Crippen LogP) is 1.95. The van der Waals surface area contributed by atoms with Crippen molar-refractivity contribution in [1.82, 2.24) is 0 Å². The molecule has 0 aromatic heterocycles. The van der Waals surface area contributed by atoms with Crippen molar-refractivity contribution in [3.05, 3.63) is 35.9 Å². The molecular formula is C7H7IO2S. The molecule has 0 aliphatic carbocycles. The molecule has 0 saturated heterocycles. The molecule has 1 aromatic rings. The summed E-state index contributed by atoms with van der Waals surface area (Å²) in [5, 5.41) is 0. The molecule has 0 bridgehead atoms. The summed E-state index contributed by atoms with van der Waals surface area (Å²) < 4.78 is 21.6. The van der Waals surface area contributed by atoms with E-state index in [0.717, 1.165) is 5.56 Å². The maximum Gasteiger partial charge on any atom is 0.207 e. The highest BCUT2D eigenvalue weighted by Crippen LogP contribution is 2.10. The first-order valence-electron chi connectivity index (χ1n) is 3.04. The monoisotopic (exact) mass is 282 g/mol. The van der Waals surface area contributed by atoms with Crippen molar-refractivity contribution in [2.45, 2.75) is 5.75 Å². The third kappa shape index (κ3) is 3.71. The first-order valence-corrected chi connectivity index (χ1v) is 7.24. The number of hydrogen-bond acceptors (Lipinski definition) is 2. The Kier molecular flexibility index (Phi) is 2.89. The van der Waals surface area contributed by atoms with E-state index in [9.17, 15) is 8.42 Å². The minimum absolute atomic E-state index is 0.119. The third-order valence-electron chi connectivity index (χ3n) is 1.18. The van der Waals surface area contributed by atoms with Crippen LogP contribution in [0.25, 0.3) is 0 Å². The van der Waals surface area contributed by atoms with Gasteiger partial charge in [-0.3, -0.25) is 0 Å². The Morgan fingerprint density at radius 1 is 1.18 bits per heavy atom. The van der Waals surface area contributed by atoms with E-state index in [4.69, 9.17) is 0 Å². The van der Waals surface area contributed by atoms with E-state index in [2.05, 4.69) is 0 Å². The molecule has 1 aromatic carbocycles. The van der Waals surface area contributed by atoms with Gasteiger partial charge >= 0.3 is 0 Å². The smallest absolute Gasteiger partial charge is 0.207 e. The summed E-state index contributed by atoms with van der Waals surface area (Å²) in [6.45, 7) is 0. The predicted molar refractivity (Wildman–Crippen MR) is 53.1 cm³/mol. The Balaban J connectivity index is 2.82. The van der Waals surface area contributed by atoms with Gasteiger partial charge in [0.05, 0.1) is 27.0 Å². The van der Waals surface area contributed by atoms with Gasteiger partial charge in [-0.1, -0.05) is 30.3 Å². The summed E-state index contributed by atoms with van der Waals surface area (Å²) in [4.78, 5) is 0. The van der Waals surface area contributed by atoms with Crippen LogP contribution in [-0.4, -0.2) is 8.42 Å². The van der Waals surface area contributed by atoms with Gasteiger partial charge in [0.1, 0.15) is 0 Å². The Hall–Kier alpha value is -0.100. The Morgan fingerprint density at radius 2 is 1.73 bits per heavy atom. The van der Waals surface area contributed by atoms with Gasteiger partial charge in [-0.05, 0) is 5.56 Å². The molecule has 1 rings (SSSR count). The molecule has 0 atom stereocenters. The van der Waals surface area contributed by atoms with Crippen molar-refractivity contribution in [2.75, 3.05) is 0 Å². The molecule has 11 heavy (non-hydrogen) atoms. The second kappa shape index (κ2) is 3.53. The fourth-order valence-electron chi connectivity index (χ4n) is 0.773. The molecular weight excluding hydrogens is 275 g/mol.